The zero-order valence-corrected chi connectivity index (χ0v) is 21.0. The van der Waals surface area contributed by atoms with Crippen molar-refractivity contribution >= 4 is 40.1 Å². The van der Waals surface area contributed by atoms with Crippen LogP contribution in [0.15, 0.2) is 28.9 Å². The minimum atomic E-state index is -1.77. The molecule has 0 radical (unpaired) electrons. The van der Waals surface area contributed by atoms with Crippen molar-refractivity contribution in [2.75, 3.05) is 35.0 Å². The summed E-state index contributed by atoms with van der Waals surface area (Å²) >= 11 is 0. The number of amides is 1. The van der Waals surface area contributed by atoms with Crippen molar-refractivity contribution in [1.82, 2.24) is 9.88 Å². The minimum Gasteiger partial charge on any atom is -0.493 e. The number of aromatic nitrogens is 1. The first-order chi connectivity index (χ1) is 17.7. The standard InChI is InChI=1S/C26H25N3O8/c1-25(24(33)37-5)22(31)17-19(28-25)14(30)8-16-26(17)9-12(26)10-29(16)23(32)13-6-11-7-15(34-2)20(35-3)21(36-4)18(11)27-13/h6-8,12,17,27H,9-10H2,1-5H3. The number of benzene rings is 1. The number of aliphatic imine (C=N–C) groups is 1. The molecule has 11 heteroatoms. The molecule has 1 N–H and O–H groups in total. The molecular weight excluding hydrogens is 482 g/mol. The van der Waals surface area contributed by atoms with Crippen LogP contribution >= 0.6 is 0 Å². The van der Waals surface area contributed by atoms with Gasteiger partial charge in [-0.2, -0.15) is 0 Å². The highest BCUT2D eigenvalue weighted by Gasteiger charge is 2.75. The van der Waals surface area contributed by atoms with E-state index in [0.29, 0.717) is 46.8 Å². The van der Waals surface area contributed by atoms with E-state index >= 15 is 0 Å². The van der Waals surface area contributed by atoms with Crippen molar-refractivity contribution in [3.63, 3.8) is 0 Å². The average molecular weight is 507 g/mol. The lowest BCUT2D eigenvalue weighted by molar-refractivity contribution is -0.150. The fraction of sp³-hybridized carbons (Fsp3) is 0.423. The SMILES string of the molecule is COC(=O)C1(C)N=C2C(=O)C=C3N(C(=O)c4cc5cc(OC)c(OC)c(OC)c5[nH]4)CC4CC34C2C1=O. The molecule has 1 spiro atoms. The lowest BCUT2D eigenvalue weighted by Gasteiger charge is -2.31. The van der Waals surface area contributed by atoms with Gasteiger partial charge in [0, 0.05) is 29.1 Å². The molecule has 1 aromatic carbocycles. The first-order valence-electron chi connectivity index (χ1n) is 11.8. The first kappa shape index (κ1) is 23.3. The Morgan fingerprint density at radius 3 is 2.46 bits per heavy atom. The summed E-state index contributed by atoms with van der Waals surface area (Å²) in [5.74, 6) is -1.73. The van der Waals surface area contributed by atoms with Crippen molar-refractivity contribution in [1.29, 1.82) is 0 Å². The number of ketones is 2. The molecule has 2 aliphatic heterocycles. The van der Waals surface area contributed by atoms with Gasteiger partial charge in [0.2, 0.25) is 17.1 Å². The number of methoxy groups -OCH3 is 4. The number of fused-ring (bicyclic) bond motifs is 2. The molecule has 4 unspecified atom stereocenters. The van der Waals surface area contributed by atoms with Crippen LogP contribution in [0.3, 0.4) is 0 Å². The third kappa shape index (κ3) is 2.74. The van der Waals surface area contributed by atoms with Crippen LogP contribution in [-0.2, 0) is 19.1 Å². The summed E-state index contributed by atoms with van der Waals surface area (Å²) in [5.41, 5.74) is -1.07. The number of rotatable bonds is 5. The molecule has 37 heavy (non-hydrogen) atoms. The quantitative estimate of drug-likeness (QED) is 0.477. The number of hydrogen-bond donors (Lipinski definition) is 1. The van der Waals surface area contributed by atoms with E-state index < -0.39 is 34.4 Å². The Hall–Kier alpha value is -4.15. The van der Waals surface area contributed by atoms with Crippen molar-refractivity contribution in [2.45, 2.75) is 18.9 Å². The lowest BCUT2D eigenvalue weighted by atomic mass is 9.72. The second-order valence-corrected chi connectivity index (χ2v) is 9.90. The van der Waals surface area contributed by atoms with E-state index in [4.69, 9.17) is 18.9 Å². The van der Waals surface area contributed by atoms with Gasteiger partial charge in [-0.15, -0.1) is 0 Å². The molecule has 4 atom stereocenters. The predicted molar refractivity (Wildman–Crippen MR) is 129 cm³/mol. The van der Waals surface area contributed by atoms with E-state index in [9.17, 15) is 19.2 Å². The van der Waals surface area contributed by atoms with Crippen molar-refractivity contribution in [3.05, 3.63) is 29.6 Å². The maximum absolute atomic E-state index is 13.8. The van der Waals surface area contributed by atoms with Gasteiger partial charge < -0.3 is 28.8 Å². The van der Waals surface area contributed by atoms with Crippen LogP contribution in [0.5, 0.6) is 17.2 Å². The summed E-state index contributed by atoms with van der Waals surface area (Å²) in [7, 11) is 5.69. The van der Waals surface area contributed by atoms with Crippen molar-refractivity contribution in [2.24, 2.45) is 22.2 Å². The maximum Gasteiger partial charge on any atom is 0.341 e. The second-order valence-electron chi connectivity index (χ2n) is 9.90. The number of H-pyrrole nitrogens is 1. The number of carbonyl (C=O) groups is 4. The second kappa shape index (κ2) is 7.44. The van der Waals surface area contributed by atoms with Crippen LogP contribution < -0.4 is 14.2 Å². The van der Waals surface area contributed by atoms with Gasteiger partial charge >= 0.3 is 5.97 Å². The number of ether oxygens (including phenoxy) is 4. The Balaban J connectivity index is 1.39. The highest BCUT2D eigenvalue weighted by Crippen LogP contribution is 2.71. The molecule has 6 rings (SSSR count). The van der Waals surface area contributed by atoms with E-state index in [-0.39, 0.29) is 23.2 Å². The fourth-order valence-corrected chi connectivity index (χ4v) is 6.35. The molecule has 2 aliphatic carbocycles. The van der Waals surface area contributed by atoms with E-state index in [0.717, 1.165) is 0 Å². The summed E-state index contributed by atoms with van der Waals surface area (Å²) in [6.45, 7) is 1.73. The number of likely N-dealkylation sites (tertiary alicyclic amines) is 1. The van der Waals surface area contributed by atoms with Gasteiger partial charge in [0.15, 0.2) is 17.3 Å². The number of esters is 1. The Morgan fingerprint density at radius 2 is 1.81 bits per heavy atom. The van der Waals surface area contributed by atoms with Gasteiger partial charge in [-0.05, 0) is 31.4 Å². The summed E-state index contributed by atoms with van der Waals surface area (Å²) in [4.78, 5) is 61.7. The number of hydrogen-bond acceptors (Lipinski definition) is 9. The zero-order chi connectivity index (χ0) is 26.4. The smallest absolute Gasteiger partial charge is 0.341 e. The van der Waals surface area contributed by atoms with Crippen molar-refractivity contribution < 1.29 is 38.1 Å². The summed E-state index contributed by atoms with van der Waals surface area (Å²) in [6, 6.07) is 3.43. The summed E-state index contributed by atoms with van der Waals surface area (Å²) in [5, 5.41) is 0.680. The highest BCUT2D eigenvalue weighted by molar-refractivity contribution is 6.52. The molecule has 2 aromatic rings. The van der Waals surface area contributed by atoms with Gasteiger partial charge in [-0.1, -0.05) is 0 Å². The number of allylic oxidation sites excluding steroid dienone is 2. The molecule has 1 saturated carbocycles. The van der Waals surface area contributed by atoms with Gasteiger partial charge in [-0.25, -0.2) is 4.79 Å². The number of nitrogens with one attached hydrogen (secondary N) is 1. The number of carbonyl (C=O) groups excluding carboxylic acids is 4. The first-order valence-corrected chi connectivity index (χ1v) is 11.8. The Morgan fingerprint density at radius 1 is 1.08 bits per heavy atom. The number of Topliss-reactive ketones (excluding diaryl/α,β-unsaturated/α-hetero) is 1. The maximum atomic E-state index is 13.8. The van der Waals surface area contributed by atoms with Crippen LogP contribution in [0.4, 0.5) is 0 Å². The Kier molecular flexibility index (Phi) is 4.67. The summed E-state index contributed by atoms with van der Waals surface area (Å²) < 4.78 is 21.2. The molecule has 1 aromatic heterocycles. The van der Waals surface area contributed by atoms with E-state index in [2.05, 4.69) is 9.98 Å². The molecule has 192 valence electrons. The van der Waals surface area contributed by atoms with Crippen LogP contribution in [-0.4, -0.2) is 79.6 Å². The molecule has 1 saturated heterocycles. The van der Waals surface area contributed by atoms with E-state index in [1.54, 1.807) is 17.0 Å². The van der Waals surface area contributed by atoms with Crippen LogP contribution in [0.1, 0.15) is 23.8 Å². The minimum absolute atomic E-state index is 0.0194. The van der Waals surface area contributed by atoms with Crippen LogP contribution in [0.2, 0.25) is 0 Å². The van der Waals surface area contributed by atoms with E-state index in [1.165, 1.54) is 41.4 Å². The highest BCUT2D eigenvalue weighted by atomic mass is 16.5. The largest absolute Gasteiger partial charge is 0.493 e. The molecule has 11 nitrogen and oxygen atoms in total. The molecule has 3 heterocycles. The van der Waals surface area contributed by atoms with Gasteiger partial charge in [0.25, 0.3) is 5.91 Å². The Bertz CT molecular complexity index is 1500. The van der Waals surface area contributed by atoms with Gasteiger partial charge in [0.05, 0.1) is 45.6 Å². The number of nitrogens with zero attached hydrogens (tertiary/aromatic N) is 2. The van der Waals surface area contributed by atoms with E-state index in [1.807, 2.05) is 0 Å². The molecular formula is C26H25N3O8. The Labute approximate surface area is 211 Å². The monoisotopic (exact) mass is 507 g/mol. The van der Waals surface area contributed by atoms with Crippen LogP contribution in [0, 0.1) is 17.3 Å². The topological polar surface area (TPSA) is 137 Å². The third-order valence-electron chi connectivity index (χ3n) is 8.20. The number of piperidine rings is 1. The van der Waals surface area contributed by atoms with Crippen molar-refractivity contribution in [3.8, 4) is 17.2 Å². The predicted octanol–water partition coefficient (Wildman–Crippen LogP) is 1.69. The third-order valence-corrected chi connectivity index (χ3v) is 8.20. The normalized spacial score (nSPS) is 29.3. The fourth-order valence-electron chi connectivity index (χ4n) is 6.35. The van der Waals surface area contributed by atoms with Gasteiger partial charge in [-0.3, -0.25) is 19.4 Å². The van der Waals surface area contributed by atoms with Gasteiger partial charge in [0.1, 0.15) is 5.69 Å². The zero-order valence-electron chi connectivity index (χ0n) is 21.0. The number of aromatic amines is 1. The average Bonchev–Trinajstić information content (AvgIpc) is 3.15. The summed E-state index contributed by atoms with van der Waals surface area (Å²) in [6.07, 6.45) is 2.03. The molecule has 4 aliphatic rings. The molecule has 2 fully saturated rings. The lowest BCUT2D eigenvalue weighted by Crippen LogP contribution is -2.47. The molecule has 0 bridgehead atoms. The molecule has 1 amide bonds. The van der Waals surface area contributed by atoms with Crippen LogP contribution in [0.25, 0.3) is 10.9 Å².